The topological polar surface area (TPSA) is 69.0 Å². The summed E-state index contributed by atoms with van der Waals surface area (Å²) < 4.78 is 6.80. The number of halogens is 1. The number of anilines is 1. The lowest BCUT2D eigenvalue weighted by molar-refractivity contribution is 0.181. The highest BCUT2D eigenvalue weighted by Crippen LogP contribution is 2.16. The van der Waals surface area contributed by atoms with Crippen molar-refractivity contribution in [1.82, 2.24) is 14.8 Å². The summed E-state index contributed by atoms with van der Waals surface area (Å²) in [6.45, 7) is 1.59. The Hall–Kier alpha value is -1.25. The fourth-order valence-corrected chi connectivity index (χ4v) is 2.65. The maximum atomic E-state index is 12.0. The van der Waals surface area contributed by atoms with Crippen LogP contribution in [0.5, 0.6) is 0 Å². The molecule has 0 aliphatic heterocycles. The standard InChI is InChI=1S/C12H15BrN4O2S/c1-19-5-4-17-12(18)11(13)10(6-16-17)14-3-2-9-7-20-8-15-9/h6-8,14H,2-5H2,1H3. The van der Waals surface area contributed by atoms with Crippen LogP contribution in [0, 0.1) is 0 Å². The van der Waals surface area contributed by atoms with Gasteiger partial charge < -0.3 is 10.1 Å². The van der Waals surface area contributed by atoms with Crippen LogP contribution in [0.4, 0.5) is 5.69 Å². The molecule has 1 N–H and O–H groups in total. The van der Waals surface area contributed by atoms with E-state index in [1.165, 1.54) is 4.68 Å². The zero-order chi connectivity index (χ0) is 14.4. The van der Waals surface area contributed by atoms with Gasteiger partial charge in [-0.1, -0.05) is 0 Å². The maximum absolute atomic E-state index is 12.0. The van der Waals surface area contributed by atoms with E-state index in [4.69, 9.17) is 4.74 Å². The molecule has 2 rings (SSSR count). The van der Waals surface area contributed by atoms with Gasteiger partial charge in [0.25, 0.3) is 5.56 Å². The number of hydrogen-bond acceptors (Lipinski definition) is 6. The molecular weight excluding hydrogens is 344 g/mol. The summed E-state index contributed by atoms with van der Waals surface area (Å²) in [4.78, 5) is 16.2. The van der Waals surface area contributed by atoms with Crippen LogP contribution in [0.25, 0.3) is 0 Å². The second-order valence-corrected chi connectivity index (χ2v) is 5.56. The minimum Gasteiger partial charge on any atom is -0.383 e. The third kappa shape index (κ3) is 3.87. The lowest BCUT2D eigenvalue weighted by Gasteiger charge is -2.09. The Balaban J connectivity index is 1.98. The normalized spacial score (nSPS) is 10.7. The van der Waals surface area contributed by atoms with Gasteiger partial charge in [-0.25, -0.2) is 9.67 Å². The van der Waals surface area contributed by atoms with Gasteiger partial charge in [0.05, 0.1) is 36.2 Å². The van der Waals surface area contributed by atoms with E-state index in [0.29, 0.717) is 29.9 Å². The first-order valence-corrected chi connectivity index (χ1v) is 7.81. The molecule has 20 heavy (non-hydrogen) atoms. The third-order valence-electron chi connectivity index (χ3n) is 2.67. The van der Waals surface area contributed by atoms with Crippen LogP contribution in [0.1, 0.15) is 5.69 Å². The molecule has 0 unspecified atom stereocenters. The van der Waals surface area contributed by atoms with Crippen molar-refractivity contribution in [3.63, 3.8) is 0 Å². The van der Waals surface area contributed by atoms with E-state index < -0.39 is 0 Å². The van der Waals surface area contributed by atoms with E-state index in [9.17, 15) is 4.79 Å². The van der Waals surface area contributed by atoms with Gasteiger partial charge in [-0.15, -0.1) is 11.3 Å². The van der Waals surface area contributed by atoms with Crippen LogP contribution in [0.15, 0.2) is 26.4 Å². The highest BCUT2D eigenvalue weighted by molar-refractivity contribution is 9.10. The number of methoxy groups -OCH3 is 1. The lowest BCUT2D eigenvalue weighted by atomic mass is 10.3. The first kappa shape index (κ1) is 15.1. The van der Waals surface area contributed by atoms with Gasteiger partial charge in [0.15, 0.2) is 0 Å². The summed E-state index contributed by atoms with van der Waals surface area (Å²) in [6, 6.07) is 0. The molecule has 0 saturated carbocycles. The molecule has 2 aromatic rings. The van der Waals surface area contributed by atoms with E-state index in [0.717, 1.165) is 12.1 Å². The molecule has 108 valence electrons. The van der Waals surface area contributed by atoms with Crippen LogP contribution < -0.4 is 10.9 Å². The zero-order valence-electron chi connectivity index (χ0n) is 11.0. The number of hydrogen-bond donors (Lipinski definition) is 1. The van der Waals surface area contributed by atoms with Crippen molar-refractivity contribution >= 4 is 33.0 Å². The first-order chi connectivity index (χ1) is 9.72. The summed E-state index contributed by atoms with van der Waals surface area (Å²) in [5.41, 5.74) is 3.38. The first-order valence-electron chi connectivity index (χ1n) is 6.08. The van der Waals surface area contributed by atoms with Crippen molar-refractivity contribution in [2.45, 2.75) is 13.0 Å². The predicted octanol–water partition coefficient (Wildman–Crippen LogP) is 1.76. The fraction of sp³-hybridized carbons (Fsp3) is 0.417. The summed E-state index contributed by atoms with van der Waals surface area (Å²) in [5, 5.41) is 9.31. The van der Waals surface area contributed by atoms with Crippen molar-refractivity contribution in [2.75, 3.05) is 25.6 Å². The average Bonchev–Trinajstić information content (AvgIpc) is 2.96. The smallest absolute Gasteiger partial charge is 0.283 e. The Morgan fingerprint density at radius 3 is 3.10 bits per heavy atom. The SMILES string of the molecule is COCCn1ncc(NCCc2cscn2)c(Br)c1=O. The van der Waals surface area contributed by atoms with Crippen molar-refractivity contribution in [1.29, 1.82) is 0 Å². The Morgan fingerprint density at radius 2 is 2.40 bits per heavy atom. The molecule has 2 heterocycles. The molecule has 0 bridgehead atoms. The van der Waals surface area contributed by atoms with Crippen molar-refractivity contribution < 1.29 is 4.74 Å². The molecule has 0 radical (unpaired) electrons. The number of ether oxygens (including phenoxy) is 1. The van der Waals surface area contributed by atoms with E-state index in [2.05, 4.69) is 31.3 Å². The second-order valence-electron chi connectivity index (χ2n) is 4.05. The van der Waals surface area contributed by atoms with Gasteiger partial charge in [0.2, 0.25) is 0 Å². The largest absolute Gasteiger partial charge is 0.383 e. The van der Waals surface area contributed by atoms with E-state index >= 15 is 0 Å². The average molecular weight is 359 g/mol. The fourth-order valence-electron chi connectivity index (χ4n) is 1.61. The van der Waals surface area contributed by atoms with Crippen LogP contribution >= 0.6 is 27.3 Å². The minimum absolute atomic E-state index is 0.166. The number of nitrogens with one attached hydrogen (secondary N) is 1. The summed E-state index contributed by atoms with van der Waals surface area (Å²) in [5.74, 6) is 0. The number of aromatic nitrogens is 3. The molecule has 0 aliphatic rings. The quantitative estimate of drug-likeness (QED) is 0.816. The summed E-state index contributed by atoms with van der Waals surface area (Å²) >= 11 is 4.89. The Labute approximate surface area is 128 Å². The Morgan fingerprint density at radius 1 is 1.55 bits per heavy atom. The number of rotatable bonds is 7. The van der Waals surface area contributed by atoms with E-state index in [1.54, 1.807) is 24.6 Å². The summed E-state index contributed by atoms with van der Waals surface area (Å²) in [7, 11) is 1.59. The predicted molar refractivity (Wildman–Crippen MR) is 82.4 cm³/mol. The molecular formula is C12H15BrN4O2S. The Bertz CT molecular complexity index is 600. The number of thiazole rings is 1. The third-order valence-corrected chi connectivity index (χ3v) is 4.07. The number of nitrogens with zero attached hydrogens (tertiary/aromatic N) is 3. The van der Waals surface area contributed by atoms with Crippen LogP contribution in [0.3, 0.4) is 0 Å². The highest BCUT2D eigenvalue weighted by Gasteiger charge is 2.08. The molecule has 2 aromatic heterocycles. The van der Waals surface area contributed by atoms with E-state index in [1.807, 2.05) is 10.9 Å². The minimum atomic E-state index is -0.166. The molecule has 6 nitrogen and oxygen atoms in total. The lowest BCUT2D eigenvalue weighted by Crippen LogP contribution is -2.26. The van der Waals surface area contributed by atoms with Gasteiger partial charge in [0.1, 0.15) is 4.47 Å². The van der Waals surface area contributed by atoms with Gasteiger partial charge in [-0.05, 0) is 15.9 Å². The molecule has 0 spiro atoms. The zero-order valence-corrected chi connectivity index (χ0v) is 13.4. The van der Waals surface area contributed by atoms with Gasteiger partial charge in [0, 0.05) is 25.5 Å². The molecule has 0 aromatic carbocycles. The van der Waals surface area contributed by atoms with Crippen molar-refractivity contribution in [2.24, 2.45) is 0 Å². The maximum Gasteiger partial charge on any atom is 0.283 e. The van der Waals surface area contributed by atoms with Crippen molar-refractivity contribution in [3.8, 4) is 0 Å². The van der Waals surface area contributed by atoms with E-state index in [-0.39, 0.29) is 5.56 Å². The van der Waals surface area contributed by atoms with Crippen molar-refractivity contribution in [3.05, 3.63) is 37.6 Å². The highest BCUT2D eigenvalue weighted by atomic mass is 79.9. The Kier molecular flexibility index (Phi) is 5.69. The van der Waals surface area contributed by atoms with Gasteiger partial charge in [-0.3, -0.25) is 4.79 Å². The molecule has 0 fully saturated rings. The monoisotopic (exact) mass is 358 g/mol. The van der Waals surface area contributed by atoms with Crippen LogP contribution in [-0.4, -0.2) is 35.0 Å². The van der Waals surface area contributed by atoms with Gasteiger partial charge in [-0.2, -0.15) is 5.10 Å². The van der Waals surface area contributed by atoms with Gasteiger partial charge >= 0.3 is 0 Å². The van der Waals surface area contributed by atoms with Crippen LogP contribution in [0.2, 0.25) is 0 Å². The second kappa shape index (κ2) is 7.51. The molecule has 0 aliphatic carbocycles. The molecule has 8 heteroatoms. The molecule has 0 saturated heterocycles. The van der Waals surface area contributed by atoms with Crippen LogP contribution in [-0.2, 0) is 17.7 Å². The molecule has 0 amide bonds. The summed E-state index contributed by atoms with van der Waals surface area (Å²) in [6.07, 6.45) is 2.45. The molecule has 0 atom stereocenters.